The van der Waals surface area contributed by atoms with E-state index in [1.807, 2.05) is 18.2 Å². The largest absolute Gasteiger partial charge is 0.487 e. The van der Waals surface area contributed by atoms with E-state index >= 15 is 0 Å². The van der Waals surface area contributed by atoms with Crippen LogP contribution in [0.4, 0.5) is 8.78 Å². The van der Waals surface area contributed by atoms with Gasteiger partial charge in [-0.05, 0) is 41.3 Å². The van der Waals surface area contributed by atoms with Gasteiger partial charge in [0, 0.05) is 37.8 Å². The number of hydrogen-bond acceptors (Lipinski definition) is 3. The van der Waals surface area contributed by atoms with Gasteiger partial charge in [-0.25, -0.2) is 8.78 Å². The van der Waals surface area contributed by atoms with Crippen molar-refractivity contribution in [3.8, 4) is 5.75 Å². The summed E-state index contributed by atoms with van der Waals surface area (Å²) in [4.78, 5) is 26.3. The number of carbonyl (C=O) groups is 1. The Bertz CT molecular complexity index is 1240. The summed E-state index contributed by atoms with van der Waals surface area (Å²) >= 11 is 6.24. The third-order valence-electron chi connectivity index (χ3n) is 5.62. The molecule has 0 saturated carbocycles. The van der Waals surface area contributed by atoms with E-state index in [4.69, 9.17) is 16.3 Å². The summed E-state index contributed by atoms with van der Waals surface area (Å²) in [5.74, 6) is -1.24. The molecule has 4 rings (SSSR count). The molecule has 1 aliphatic rings. The van der Waals surface area contributed by atoms with Gasteiger partial charge in [0.05, 0.1) is 6.54 Å². The van der Waals surface area contributed by atoms with Gasteiger partial charge in [-0.1, -0.05) is 29.8 Å². The highest BCUT2D eigenvalue weighted by Crippen LogP contribution is 2.25. The molecule has 1 aromatic heterocycles. The van der Waals surface area contributed by atoms with Gasteiger partial charge in [0.15, 0.2) is 0 Å². The second-order valence-corrected chi connectivity index (χ2v) is 8.07. The number of amides is 1. The average molecular weight is 459 g/mol. The molecule has 1 aliphatic heterocycles. The van der Waals surface area contributed by atoms with Crippen molar-refractivity contribution in [1.29, 1.82) is 0 Å². The predicted octanol–water partition coefficient (Wildman–Crippen LogP) is 4.31. The summed E-state index contributed by atoms with van der Waals surface area (Å²) in [6, 6.07) is 10.6. The van der Waals surface area contributed by atoms with Crippen LogP contribution in [0.3, 0.4) is 0 Å². The van der Waals surface area contributed by atoms with Gasteiger partial charge in [-0.15, -0.1) is 0 Å². The summed E-state index contributed by atoms with van der Waals surface area (Å²) in [5, 5.41) is -0.109. The molecule has 5 nitrogen and oxygen atoms in total. The first-order chi connectivity index (χ1) is 15.3. The number of halogens is 3. The first kappa shape index (κ1) is 22.0. The Morgan fingerprint density at radius 3 is 2.72 bits per heavy atom. The standard InChI is InChI=1S/C24H21ClF2N2O3/c1-15(30)28-9-7-20-16(12-28)3-2-4-17(20)13-29-10-8-22(23(25)24(29)31)32-14-18-5-6-19(26)11-21(18)27/h2-6,8,10-11H,7,9,12-14H2,1H3. The zero-order chi connectivity index (χ0) is 22.8. The van der Waals surface area contributed by atoms with Crippen LogP contribution in [0.1, 0.15) is 29.2 Å². The fourth-order valence-corrected chi connectivity index (χ4v) is 4.08. The third kappa shape index (κ3) is 4.53. The van der Waals surface area contributed by atoms with Gasteiger partial charge < -0.3 is 14.2 Å². The Labute approximate surface area is 188 Å². The SMILES string of the molecule is CC(=O)N1CCc2c(cccc2Cn2ccc(OCc3ccc(F)cc3F)c(Cl)c2=O)C1. The molecule has 0 aliphatic carbocycles. The van der Waals surface area contributed by atoms with E-state index in [1.54, 1.807) is 24.1 Å². The van der Waals surface area contributed by atoms with Crippen LogP contribution in [0.15, 0.2) is 53.5 Å². The Morgan fingerprint density at radius 1 is 1.16 bits per heavy atom. The van der Waals surface area contributed by atoms with Crippen LogP contribution in [0.2, 0.25) is 5.02 Å². The molecule has 2 heterocycles. The minimum atomic E-state index is -0.730. The zero-order valence-corrected chi connectivity index (χ0v) is 18.2. The minimum absolute atomic E-state index is 0.0418. The average Bonchev–Trinajstić information content (AvgIpc) is 2.77. The molecule has 166 valence electrons. The molecular formula is C24H21ClF2N2O3. The molecule has 8 heteroatoms. The number of pyridine rings is 1. The van der Waals surface area contributed by atoms with Crippen molar-refractivity contribution in [3.05, 3.63) is 97.9 Å². The van der Waals surface area contributed by atoms with Crippen molar-refractivity contribution in [2.75, 3.05) is 6.54 Å². The van der Waals surface area contributed by atoms with Crippen LogP contribution in [0.5, 0.6) is 5.75 Å². The summed E-state index contributed by atoms with van der Waals surface area (Å²) < 4.78 is 33.8. The first-order valence-electron chi connectivity index (χ1n) is 10.1. The molecular weight excluding hydrogens is 438 g/mol. The predicted molar refractivity (Wildman–Crippen MR) is 117 cm³/mol. The number of fused-ring (bicyclic) bond motifs is 1. The van der Waals surface area contributed by atoms with Crippen molar-refractivity contribution in [2.24, 2.45) is 0 Å². The molecule has 0 fully saturated rings. The van der Waals surface area contributed by atoms with Gasteiger partial charge in [-0.3, -0.25) is 9.59 Å². The summed E-state index contributed by atoms with van der Waals surface area (Å²) in [5.41, 5.74) is 2.93. The molecule has 3 aromatic rings. The number of rotatable bonds is 5. The quantitative estimate of drug-likeness (QED) is 0.572. The van der Waals surface area contributed by atoms with Crippen LogP contribution in [0, 0.1) is 11.6 Å². The van der Waals surface area contributed by atoms with Gasteiger partial charge >= 0.3 is 0 Å². The summed E-state index contributed by atoms with van der Waals surface area (Å²) in [7, 11) is 0. The van der Waals surface area contributed by atoms with E-state index in [0.29, 0.717) is 19.6 Å². The van der Waals surface area contributed by atoms with E-state index < -0.39 is 17.2 Å². The number of aromatic nitrogens is 1. The highest BCUT2D eigenvalue weighted by atomic mass is 35.5. The highest BCUT2D eigenvalue weighted by Gasteiger charge is 2.21. The molecule has 0 unspecified atom stereocenters. The van der Waals surface area contributed by atoms with Gasteiger partial charge in [-0.2, -0.15) is 0 Å². The molecule has 0 saturated heterocycles. The highest BCUT2D eigenvalue weighted by molar-refractivity contribution is 6.31. The van der Waals surface area contributed by atoms with Crippen molar-refractivity contribution < 1.29 is 18.3 Å². The second kappa shape index (κ2) is 9.12. The molecule has 0 bridgehead atoms. The van der Waals surface area contributed by atoms with Crippen LogP contribution in [-0.4, -0.2) is 21.9 Å². The second-order valence-electron chi connectivity index (χ2n) is 7.70. The van der Waals surface area contributed by atoms with Crippen LogP contribution < -0.4 is 10.3 Å². The maximum absolute atomic E-state index is 13.8. The molecule has 0 spiro atoms. The van der Waals surface area contributed by atoms with Crippen molar-refractivity contribution in [2.45, 2.75) is 33.0 Å². The van der Waals surface area contributed by atoms with E-state index in [9.17, 15) is 18.4 Å². The number of benzene rings is 2. The number of carbonyl (C=O) groups excluding carboxylic acids is 1. The fourth-order valence-electron chi connectivity index (χ4n) is 3.85. The normalized spacial score (nSPS) is 13.1. The van der Waals surface area contributed by atoms with E-state index in [1.165, 1.54) is 10.6 Å². The monoisotopic (exact) mass is 458 g/mol. The Kier molecular flexibility index (Phi) is 6.28. The summed E-state index contributed by atoms with van der Waals surface area (Å²) in [6.07, 6.45) is 2.30. The number of nitrogens with zero attached hydrogens (tertiary/aromatic N) is 2. The van der Waals surface area contributed by atoms with Crippen molar-refractivity contribution in [1.82, 2.24) is 9.47 Å². The molecule has 1 amide bonds. The van der Waals surface area contributed by atoms with Crippen LogP contribution in [0.25, 0.3) is 0 Å². The van der Waals surface area contributed by atoms with Crippen LogP contribution in [-0.2, 0) is 30.9 Å². The van der Waals surface area contributed by atoms with Gasteiger partial charge in [0.25, 0.3) is 5.56 Å². The first-order valence-corrected chi connectivity index (χ1v) is 10.5. The van der Waals surface area contributed by atoms with Crippen molar-refractivity contribution >= 4 is 17.5 Å². The number of hydrogen-bond donors (Lipinski definition) is 0. The Balaban J connectivity index is 1.53. The van der Waals surface area contributed by atoms with E-state index in [-0.39, 0.29) is 28.8 Å². The van der Waals surface area contributed by atoms with E-state index in [0.717, 1.165) is 35.2 Å². The molecule has 2 aromatic carbocycles. The molecule has 0 radical (unpaired) electrons. The lowest BCUT2D eigenvalue weighted by Gasteiger charge is -2.29. The molecule has 32 heavy (non-hydrogen) atoms. The van der Waals surface area contributed by atoms with Gasteiger partial charge in [0.2, 0.25) is 5.91 Å². The molecule has 0 atom stereocenters. The lowest BCUT2D eigenvalue weighted by atomic mass is 9.94. The van der Waals surface area contributed by atoms with Crippen molar-refractivity contribution in [3.63, 3.8) is 0 Å². The lowest BCUT2D eigenvalue weighted by Crippen LogP contribution is -2.35. The lowest BCUT2D eigenvalue weighted by molar-refractivity contribution is -0.129. The third-order valence-corrected chi connectivity index (χ3v) is 5.97. The zero-order valence-electron chi connectivity index (χ0n) is 17.4. The smallest absolute Gasteiger partial charge is 0.273 e. The summed E-state index contributed by atoms with van der Waals surface area (Å²) in [6.45, 7) is 2.90. The molecule has 0 N–H and O–H groups in total. The Morgan fingerprint density at radius 2 is 1.97 bits per heavy atom. The topological polar surface area (TPSA) is 51.5 Å². The fraction of sp³-hybridized carbons (Fsp3) is 0.250. The maximum Gasteiger partial charge on any atom is 0.273 e. The number of ether oxygens (including phenoxy) is 1. The van der Waals surface area contributed by atoms with Crippen LogP contribution >= 0.6 is 11.6 Å². The van der Waals surface area contributed by atoms with Gasteiger partial charge in [0.1, 0.15) is 29.0 Å². The van der Waals surface area contributed by atoms with E-state index in [2.05, 4.69) is 0 Å². The minimum Gasteiger partial charge on any atom is -0.487 e. The maximum atomic E-state index is 13.8. The Hall–Kier alpha value is -3.19.